The predicted octanol–water partition coefficient (Wildman–Crippen LogP) is 3.09. The summed E-state index contributed by atoms with van der Waals surface area (Å²) in [5, 5.41) is 5.53. The summed E-state index contributed by atoms with van der Waals surface area (Å²) in [5.74, 6) is 0. The summed E-state index contributed by atoms with van der Waals surface area (Å²) < 4.78 is 5.76. The minimum Gasteiger partial charge on any atom is -0.374 e. The van der Waals surface area contributed by atoms with Crippen LogP contribution in [0.25, 0.3) is 0 Å². The molecule has 0 aliphatic rings. The second kappa shape index (κ2) is 7.05. The Kier molecular flexibility index (Phi) is 6.03. The zero-order valence-electron chi connectivity index (χ0n) is 10.6. The van der Waals surface area contributed by atoms with Crippen molar-refractivity contribution in [2.75, 3.05) is 19.7 Å². The molecule has 1 aromatic heterocycles. The van der Waals surface area contributed by atoms with Gasteiger partial charge in [0.25, 0.3) is 0 Å². The number of thiophene rings is 1. The number of hydrogen-bond donors (Lipinski definition) is 1. The van der Waals surface area contributed by atoms with E-state index in [1.54, 1.807) is 0 Å². The van der Waals surface area contributed by atoms with E-state index in [9.17, 15) is 0 Å². The van der Waals surface area contributed by atoms with Crippen molar-refractivity contribution in [3.05, 3.63) is 22.4 Å². The van der Waals surface area contributed by atoms with Gasteiger partial charge in [-0.3, -0.25) is 0 Å². The van der Waals surface area contributed by atoms with Crippen molar-refractivity contribution in [1.29, 1.82) is 0 Å². The Balaban J connectivity index is 1.96. The Bertz CT molecular complexity index is 269. The lowest BCUT2D eigenvalue weighted by molar-refractivity contribution is -0.0179. The van der Waals surface area contributed by atoms with Crippen molar-refractivity contribution in [3.8, 4) is 0 Å². The molecule has 1 heterocycles. The number of rotatable bonds is 8. The van der Waals surface area contributed by atoms with Crippen molar-refractivity contribution in [3.63, 3.8) is 0 Å². The van der Waals surface area contributed by atoms with E-state index in [-0.39, 0.29) is 5.60 Å². The molecule has 16 heavy (non-hydrogen) atoms. The lowest BCUT2D eigenvalue weighted by Gasteiger charge is -2.23. The standard InChI is InChI=1S/C13H23NOS/c1-4-13(2,3)15-10-9-14-8-7-12-6-5-11-16-12/h5-6,11,14H,4,7-10H2,1-3H3. The molecule has 0 aliphatic carbocycles. The van der Waals surface area contributed by atoms with E-state index >= 15 is 0 Å². The van der Waals surface area contributed by atoms with Crippen LogP contribution < -0.4 is 5.32 Å². The van der Waals surface area contributed by atoms with Crippen LogP contribution in [0, 0.1) is 0 Å². The third-order valence-electron chi connectivity index (χ3n) is 2.75. The molecule has 0 spiro atoms. The average Bonchev–Trinajstić information content (AvgIpc) is 2.76. The highest BCUT2D eigenvalue weighted by atomic mass is 32.1. The molecule has 3 heteroatoms. The summed E-state index contributed by atoms with van der Waals surface area (Å²) in [6.07, 6.45) is 2.18. The first-order valence-electron chi connectivity index (χ1n) is 6.01. The van der Waals surface area contributed by atoms with Gasteiger partial charge in [0.2, 0.25) is 0 Å². The van der Waals surface area contributed by atoms with E-state index in [1.807, 2.05) is 11.3 Å². The van der Waals surface area contributed by atoms with Gasteiger partial charge in [-0.1, -0.05) is 13.0 Å². The van der Waals surface area contributed by atoms with Gasteiger partial charge in [-0.05, 0) is 38.1 Å². The molecule has 1 rings (SSSR count). The molecule has 0 bridgehead atoms. The van der Waals surface area contributed by atoms with Gasteiger partial charge in [0.05, 0.1) is 12.2 Å². The fourth-order valence-corrected chi connectivity index (χ4v) is 2.00. The summed E-state index contributed by atoms with van der Waals surface area (Å²) in [5.41, 5.74) is 0.0232. The molecule has 0 amide bonds. The molecular weight excluding hydrogens is 218 g/mol. The Morgan fingerprint density at radius 2 is 2.19 bits per heavy atom. The molecule has 0 saturated heterocycles. The molecule has 92 valence electrons. The van der Waals surface area contributed by atoms with Crippen molar-refractivity contribution < 1.29 is 4.74 Å². The van der Waals surface area contributed by atoms with Crippen molar-refractivity contribution in [2.45, 2.75) is 39.2 Å². The monoisotopic (exact) mass is 241 g/mol. The first-order chi connectivity index (χ1) is 7.64. The van der Waals surface area contributed by atoms with Crippen LogP contribution in [0.1, 0.15) is 32.1 Å². The van der Waals surface area contributed by atoms with E-state index in [0.717, 1.165) is 32.5 Å². The molecule has 1 N–H and O–H groups in total. The highest BCUT2D eigenvalue weighted by Crippen LogP contribution is 2.12. The van der Waals surface area contributed by atoms with E-state index in [4.69, 9.17) is 4.74 Å². The third-order valence-corrected chi connectivity index (χ3v) is 3.69. The summed E-state index contributed by atoms with van der Waals surface area (Å²) in [7, 11) is 0. The van der Waals surface area contributed by atoms with E-state index in [2.05, 4.69) is 43.6 Å². The average molecular weight is 241 g/mol. The fraction of sp³-hybridized carbons (Fsp3) is 0.692. The van der Waals surface area contributed by atoms with E-state index in [1.165, 1.54) is 4.88 Å². The first kappa shape index (κ1) is 13.7. The highest BCUT2D eigenvalue weighted by molar-refractivity contribution is 7.09. The Morgan fingerprint density at radius 3 is 2.81 bits per heavy atom. The van der Waals surface area contributed by atoms with Crippen molar-refractivity contribution in [1.82, 2.24) is 5.32 Å². The van der Waals surface area contributed by atoms with Crippen LogP contribution in [0.2, 0.25) is 0 Å². The van der Waals surface area contributed by atoms with E-state index < -0.39 is 0 Å². The van der Waals surface area contributed by atoms with Gasteiger partial charge in [0, 0.05) is 18.0 Å². The molecule has 0 aliphatic heterocycles. The molecule has 0 saturated carbocycles. The van der Waals surface area contributed by atoms with Crippen LogP contribution in [0.3, 0.4) is 0 Å². The van der Waals surface area contributed by atoms with Gasteiger partial charge >= 0.3 is 0 Å². The normalized spacial score (nSPS) is 11.9. The molecule has 2 nitrogen and oxygen atoms in total. The summed E-state index contributed by atoms with van der Waals surface area (Å²) in [6, 6.07) is 4.29. The highest BCUT2D eigenvalue weighted by Gasteiger charge is 2.13. The Morgan fingerprint density at radius 1 is 1.38 bits per heavy atom. The fourth-order valence-electron chi connectivity index (χ4n) is 1.29. The Hall–Kier alpha value is -0.380. The lowest BCUT2D eigenvalue weighted by Crippen LogP contribution is -2.29. The smallest absolute Gasteiger partial charge is 0.0624 e. The SMILES string of the molecule is CCC(C)(C)OCCNCCc1cccs1. The van der Waals surface area contributed by atoms with Gasteiger partial charge in [0.1, 0.15) is 0 Å². The minimum atomic E-state index is 0.0232. The Labute approximate surface area is 103 Å². The van der Waals surface area contributed by atoms with Gasteiger partial charge in [0.15, 0.2) is 0 Å². The van der Waals surface area contributed by atoms with Crippen LogP contribution in [0.5, 0.6) is 0 Å². The topological polar surface area (TPSA) is 21.3 Å². The van der Waals surface area contributed by atoms with Crippen LogP contribution in [-0.2, 0) is 11.2 Å². The lowest BCUT2D eigenvalue weighted by atomic mass is 10.1. The molecule has 0 atom stereocenters. The number of hydrogen-bond acceptors (Lipinski definition) is 3. The maximum absolute atomic E-state index is 5.76. The third kappa shape index (κ3) is 5.64. The largest absolute Gasteiger partial charge is 0.374 e. The molecule has 0 unspecified atom stereocenters. The second-order valence-electron chi connectivity index (χ2n) is 4.54. The summed E-state index contributed by atoms with van der Waals surface area (Å²) >= 11 is 1.82. The predicted molar refractivity (Wildman–Crippen MR) is 71.2 cm³/mol. The number of nitrogens with one attached hydrogen (secondary N) is 1. The summed E-state index contributed by atoms with van der Waals surface area (Å²) in [4.78, 5) is 1.45. The zero-order chi connectivity index (χ0) is 11.9. The van der Waals surface area contributed by atoms with Crippen LogP contribution in [-0.4, -0.2) is 25.3 Å². The second-order valence-corrected chi connectivity index (χ2v) is 5.57. The maximum atomic E-state index is 5.76. The van der Waals surface area contributed by atoms with Gasteiger partial charge in [-0.15, -0.1) is 11.3 Å². The molecule has 0 aromatic carbocycles. The molecule has 0 fully saturated rings. The van der Waals surface area contributed by atoms with Crippen LogP contribution in [0.4, 0.5) is 0 Å². The first-order valence-corrected chi connectivity index (χ1v) is 6.89. The molecule has 0 radical (unpaired) electrons. The molecular formula is C13H23NOS. The van der Waals surface area contributed by atoms with Gasteiger partial charge in [-0.25, -0.2) is 0 Å². The minimum absolute atomic E-state index is 0.0232. The van der Waals surface area contributed by atoms with Crippen LogP contribution in [0.15, 0.2) is 17.5 Å². The summed E-state index contributed by atoms with van der Waals surface area (Å²) in [6.45, 7) is 9.21. The van der Waals surface area contributed by atoms with E-state index in [0.29, 0.717) is 0 Å². The van der Waals surface area contributed by atoms with Crippen molar-refractivity contribution in [2.24, 2.45) is 0 Å². The number of ether oxygens (including phenoxy) is 1. The van der Waals surface area contributed by atoms with Crippen molar-refractivity contribution >= 4 is 11.3 Å². The van der Waals surface area contributed by atoms with Crippen LogP contribution >= 0.6 is 11.3 Å². The zero-order valence-corrected chi connectivity index (χ0v) is 11.4. The maximum Gasteiger partial charge on any atom is 0.0624 e. The quantitative estimate of drug-likeness (QED) is 0.706. The van der Waals surface area contributed by atoms with Gasteiger partial charge < -0.3 is 10.1 Å². The van der Waals surface area contributed by atoms with Gasteiger partial charge in [-0.2, -0.15) is 0 Å². The molecule has 1 aromatic rings.